The van der Waals surface area contributed by atoms with Crippen LogP contribution >= 0.6 is 22.9 Å². The lowest BCUT2D eigenvalue weighted by molar-refractivity contribution is -0.117. The molecule has 12 heavy (non-hydrogen) atoms. The lowest BCUT2D eigenvalue weighted by atomic mass is 10.4. The molecule has 1 heterocycles. The van der Waals surface area contributed by atoms with Gasteiger partial charge in [0.1, 0.15) is 5.15 Å². The number of aromatic nitrogens is 1. The van der Waals surface area contributed by atoms with Gasteiger partial charge in [-0.2, -0.15) is 0 Å². The van der Waals surface area contributed by atoms with Gasteiger partial charge in [0.25, 0.3) is 0 Å². The van der Waals surface area contributed by atoms with Crippen LogP contribution in [0.3, 0.4) is 0 Å². The molecule has 0 aromatic carbocycles. The average Bonchev–Trinajstić information content (AvgIpc) is 2.35. The number of nitrogens with one attached hydrogen (secondary N) is 1. The summed E-state index contributed by atoms with van der Waals surface area (Å²) in [4.78, 5) is 14.3. The predicted octanol–water partition coefficient (Wildman–Crippen LogP) is 1.08. The van der Waals surface area contributed by atoms with Crippen molar-refractivity contribution in [1.29, 1.82) is 0 Å². The van der Waals surface area contributed by atoms with Gasteiger partial charge in [0.15, 0.2) is 5.13 Å². The molecule has 0 aliphatic heterocycles. The van der Waals surface area contributed by atoms with Gasteiger partial charge in [-0.25, -0.2) is 4.98 Å². The lowest BCUT2D eigenvalue weighted by Gasteiger charge is -1.97. The molecule has 0 saturated heterocycles. The van der Waals surface area contributed by atoms with Crippen molar-refractivity contribution in [2.24, 2.45) is 5.73 Å². The molecule has 0 aliphatic carbocycles. The van der Waals surface area contributed by atoms with Crippen LogP contribution < -0.4 is 11.1 Å². The number of anilines is 1. The van der Waals surface area contributed by atoms with E-state index >= 15 is 0 Å². The van der Waals surface area contributed by atoms with E-state index in [1.807, 2.05) is 0 Å². The number of primary amides is 1. The Kier molecular flexibility index (Phi) is 3.31. The fraction of sp³-hybridized carbons (Fsp3) is 0.333. The van der Waals surface area contributed by atoms with Crippen LogP contribution in [0.5, 0.6) is 0 Å². The number of hydrogen-bond donors (Lipinski definition) is 2. The van der Waals surface area contributed by atoms with Gasteiger partial charge >= 0.3 is 0 Å². The second-order valence-electron chi connectivity index (χ2n) is 2.12. The molecule has 0 spiro atoms. The smallest absolute Gasteiger partial charge is 0.219 e. The first-order valence-corrected chi connectivity index (χ1v) is 4.57. The molecule has 1 aromatic heterocycles. The van der Waals surface area contributed by atoms with E-state index in [4.69, 9.17) is 17.3 Å². The van der Waals surface area contributed by atoms with Gasteiger partial charge in [0.05, 0.1) is 0 Å². The second-order valence-corrected chi connectivity index (χ2v) is 3.36. The van der Waals surface area contributed by atoms with Gasteiger partial charge < -0.3 is 11.1 Å². The van der Waals surface area contributed by atoms with Gasteiger partial charge in [0.2, 0.25) is 5.91 Å². The molecule has 6 heteroatoms. The third-order valence-corrected chi connectivity index (χ3v) is 2.25. The fourth-order valence-corrected chi connectivity index (χ4v) is 1.49. The Morgan fingerprint density at radius 1 is 1.83 bits per heavy atom. The maximum Gasteiger partial charge on any atom is 0.219 e. The quantitative estimate of drug-likeness (QED) is 0.773. The van der Waals surface area contributed by atoms with Crippen LogP contribution in [0.2, 0.25) is 5.15 Å². The van der Waals surface area contributed by atoms with E-state index in [0.717, 1.165) is 0 Å². The number of carbonyl (C=O) groups is 1. The molecule has 1 aromatic rings. The van der Waals surface area contributed by atoms with E-state index < -0.39 is 0 Å². The third-order valence-electron chi connectivity index (χ3n) is 1.12. The zero-order valence-corrected chi connectivity index (χ0v) is 7.78. The van der Waals surface area contributed by atoms with Crippen LogP contribution in [0.25, 0.3) is 0 Å². The largest absolute Gasteiger partial charge is 0.370 e. The number of carbonyl (C=O) groups excluding carboxylic acids is 1. The van der Waals surface area contributed by atoms with E-state index in [-0.39, 0.29) is 5.91 Å². The van der Waals surface area contributed by atoms with Crippen LogP contribution in [0.15, 0.2) is 5.38 Å². The van der Waals surface area contributed by atoms with Crippen LogP contribution in [0.4, 0.5) is 5.13 Å². The summed E-state index contributed by atoms with van der Waals surface area (Å²) >= 11 is 6.96. The molecule has 0 saturated carbocycles. The van der Waals surface area contributed by atoms with Crippen molar-refractivity contribution in [3.8, 4) is 0 Å². The van der Waals surface area contributed by atoms with Crippen molar-refractivity contribution in [2.75, 3.05) is 11.9 Å². The van der Waals surface area contributed by atoms with E-state index in [0.29, 0.717) is 23.3 Å². The summed E-state index contributed by atoms with van der Waals surface area (Å²) in [5, 5.41) is 5.80. The van der Waals surface area contributed by atoms with E-state index in [1.54, 1.807) is 5.38 Å². The predicted molar refractivity (Wildman–Crippen MR) is 49.4 cm³/mol. The van der Waals surface area contributed by atoms with Crippen LogP contribution in [-0.4, -0.2) is 17.4 Å². The minimum absolute atomic E-state index is 0.303. The summed E-state index contributed by atoms with van der Waals surface area (Å²) in [6.07, 6.45) is 0.303. The summed E-state index contributed by atoms with van der Waals surface area (Å²) in [7, 11) is 0. The van der Waals surface area contributed by atoms with Crippen LogP contribution in [-0.2, 0) is 4.79 Å². The highest BCUT2D eigenvalue weighted by atomic mass is 35.5. The SMILES string of the molecule is NC(=O)CCNc1nc(Cl)cs1. The van der Waals surface area contributed by atoms with Crippen molar-refractivity contribution >= 4 is 34.0 Å². The summed E-state index contributed by atoms with van der Waals surface area (Å²) in [6.45, 7) is 0.499. The molecule has 0 aliphatic rings. The highest BCUT2D eigenvalue weighted by molar-refractivity contribution is 7.14. The van der Waals surface area contributed by atoms with Gasteiger partial charge in [-0.05, 0) is 0 Å². The minimum atomic E-state index is -0.329. The Labute approximate surface area is 78.7 Å². The molecular formula is C6H8ClN3OS. The van der Waals surface area contributed by atoms with Crippen LogP contribution in [0, 0.1) is 0 Å². The Bertz CT molecular complexity index is 276. The van der Waals surface area contributed by atoms with Crippen molar-refractivity contribution in [2.45, 2.75) is 6.42 Å². The molecule has 0 fully saturated rings. The number of halogens is 1. The molecular weight excluding hydrogens is 198 g/mol. The molecule has 0 bridgehead atoms. The second kappa shape index (κ2) is 4.27. The van der Waals surface area contributed by atoms with E-state index in [9.17, 15) is 4.79 Å². The Morgan fingerprint density at radius 3 is 3.08 bits per heavy atom. The van der Waals surface area contributed by atoms with Gasteiger partial charge in [0, 0.05) is 18.3 Å². The molecule has 66 valence electrons. The van der Waals surface area contributed by atoms with Crippen LogP contribution in [0.1, 0.15) is 6.42 Å². The average molecular weight is 206 g/mol. The minimum Gasteiger partial charge on any atom is -0.370 e. The van der Waals surface area contributed by atoms with Crippen molar-refractivity contribution < 1.29 is 4.79 Å². The fourth-order valence-electron chi connectivity index (χ4n) is 0.628. The molecule has 0 radical (unpaired) electrons. The molecule has 3 N–H and O–H groups in total. The van der Waals surface area contributed by atoms with Gasteiger partial charge in [-0.3, -0.25) is 4.79 Å². The normalized spacial score (nSPS) is 9.75. The summed E-state index contributed by atoms with van der Waals surface area (Å²) in [5.41, 5.74) is 4.94. The maximum absolute atomic E-state index is 10.3. The first-order valence-electron chi connectivity index (χ1n) is 3.31. The Morgan fingerprint density at radius 2 is 2.58 bits per heavy atom. The maximum atomic E-state index is 10.3. The number of nitrogens with two attached hydrogens (primary N) is 1. The topological polar surface area (TPSA) is 68.0 Å². The molecule has 4 nitrogen and oxygen atoms in total. The lowest BCUT2D eigenvalue weighted by Crippen LogP contribution is -2.15. The molecule has 1 amide bonds. The number of nitrogens with zero attached hydrogens (tertiary/aromatic N) is 1. The first kappa shape index (κ1) is 9.28. The third kappa shape index (κ3) is 3.06. The zero-order valence-electron chi connectivity index (χ0n) is 6.21. The molecule has 1 rings (SSSR count). The summed E-state index contributed by atoms with van der Waals surface area (Å²) in [6, 6.07) is 0. The van der Waals surface area contributed by atoms with E-state index in [2.05, 4.69) is 10.3 Å². The van der Waals surface area contributed by atoms with Crippen molar-refractivity contribution in [1.82, 2.24) is 4.98 Å². The highest BCUT2D eigenvalue weighted by Crippen LogP contribution is 2.18. The standard InChI is InChI=1S/C6H8ClN3OS/c7-4-3-12-6(10-4)9-2-1-5(8)11/h3H,1-2H2,(H2,8,11)(H,9,10). The number of hydrogen-bond acceptors (Lipinski definition) is 4. The zero-order chi connectivity index (χ0) is 8.97. The van der Waals surface area contributed by atoms with Crippen molar-refractivity contribution in [3.05, 3.63) is 10.5 Å². The first-order chi connectivity index (χ1) is 5.68. The summed E-state index contributed by atoms with van der Waals surface area (Å²) < 4.78 is 0. The monoisotopic (exact) mass is 205 g/mol. The van der Waals surface area contributed by atoms with E-state index in [1.165, 1.54) is 11.3 Å². The number of amides is 1. The summed E-state index contributed by atoms with van der Waals surface area (Å²) in [5.74, 6) is -0.329. The Hall–Kier alpha value is -0.810. The van der Waals surface area contributed by atoms with Gasteiger partial charge in [-0.15, -0.1) is 11.3 Å². The Balaban J connectivity index is 2.29. The molecule has 0 atom stereocenters. The molecule has 0 unspecified atom stereocenters. The number of thiazole rings is 1. The highest BCUT2D eigenvalue weighted by Gasteiger charge is 1.98. The van der Waals surface area contributed by atoms with Gasteiger partial charge in [-0.1, -0.05) is 11.6 Å². The number of rotatable bonds is 4. The van der Waals surface area contributed by atoms with Crippen molar-refractivity contribution in [3.63, 3.8) is 0 Å².